The van der Waals surface area contributed by atoms with Crippen LogP contribution >= 0.6 is 0 Å². The van der Waals surface area contributed by atoms with Gasteiger partial charge in [-0.2, -0.15) is 5.10 Å². The number of hydrogen-bond donors (Lipinski definition) is 1. The molecule has 0 radical (unpaired) electrons. The number of nitrogens with one attached hydrogen (secondary N) is 1. The largest absolute Gasteiger partial charge is 0.316 e. The van der Waals surface area contributed by atoms with Gasteiger partial charge in [0.25, 0.3) is 0 Å². The highest BCUT2D eigenvalue weighted by molar-refractivity contribution is 5.09. The Bertz CT molecular complexity index is 424. The molecule has 1 atom stereocenters. The van der Waals surface area contributed by atoms with E-state index in [1.807, 2.05) is 0 Å². The van der Waals surface area contributed by atoms with E-state index in [0.29, 0.717) is 0 Å². The highest BCUT2D eigenvalue weighted by Crippen LogP contribution is 2.18. The number of aromatic nitrogens is 2. The Morgan fingerprint density at radius 3 is 2.95 bits per heavy atom. The molecule has 4 heteroatoms. The van der Waals surface area contributed by atoms with Gasteiger partial charge in [-0.3, -0.25) is 9.58 Å². The highest BCUT2D eigenvalue weighted by Gasteiger charge is 2.20. The molecule has 0 aliphatic carbocycles. The fraction of sp³-hybridized carbons (Fsp3) is 0.824. The fourth-order valence-corrected chi connectivity index (χ4v) is 3.27. The minimum Gasteiger partial charge on any atom is -0.316 e. The number of rotatable bonds is 7. The minimum atomic E-state index is 0.742. The molecule has 2 rings (SSSR count). The second kappa shape index (κ2) is 7.95. The van der Waals surface area contributed by atoms with E-state index in [1.54, 1.807) is 0 Å². The zero-order valence-corrected chi connectivity index (χ0v) is 14.2. The third kappa shape index (κ3) is 5.11. The third-order valence-electron chi connectivity index (χ3n) is 4.26. The van der Waals surface area contributed by atoms with Crippen molar-refractivity contribution in [2.45, 2.75) is 53.6 Å². The summed E-state index contributed by atoms with van der Waals surface area (Å²) < 4.78 is 2.15. The molecule has 1 aliphatic heterocycles. The number of aryl methyl sites for hydroxylation is 2. The maximum absolute atomic E-state index is 4.56. The zero-order valence-electron chi connectivity index (χ0n) is 14.2. The van der Waals surface area contributed by atoms with Gasteiger partial charge in [-0.1, -0.05) is 13.8 Å². The van der Waals surface area contributed by atoms with Gasteiger partial charge in [0.15, 0.2) is 0 Å². The predicted octanol–water partition coefficient (Wildman–Crippen LogP) is 2.67. The molecule has 0 aromatic carbocycles. The van der Waals surface area contributed by atoms with Crippen LogP contribution in [0.15, 0.2) is 6.07 Å². The summed E-state index contributed by atoms with van der Waals surface area (Å²) in [6, 6.07) is 2.24. The van der Waals surface area contributed by atoms with Gasteiger partial charge >= 0.3 is 0 Å². The van der Waals surface area contributed by atoms with Gasteiger partial charge in [-0.25, -0.2) is 0 Å². The molecule has 0 bridgehead atoms. The molecule has 21 heavy (non-hydrogen) atoms. The van der Waals surface area contributed by atoms with Crippen molar-refractivity contribution in [2.75, 3.05) is 26.2 Å². The lowest BCUT2D eigenvalue weighted by molar-refractivity contribution is 0.161. The second-order valence-corrected chi connectivity index (χ2v) is 6.89. The van der Waals surface area contributed by atoms with Crippen LogP contribution in [0.2, 0.25) is 0 Å². The molecule has 1 fully saturated rings. The van der Waals surface area contributed by atoms with Gasteiger partial charge in [0.05, 0.1) is 11.4 Å². The van der Waals surface area contributed by atoms with Crippen molar-refractivity contribution < 1.29 is 0 Å². The first-order valence-corrected chi connectivity index (χ1v) is 8.54. The fourth-order valence-electron chi connectivity index (χ4n) is 3.27. The lowest BCUT2D eigenvalue weighted by Gasteiger charge is -2.33. The quantitative estimate of drug-likeness (QED) is 0.839. The second-order valence-electron chi connectivity index (χ2n) is 6.89. The normalized spacial score (nSPS) is 20.3. The Balaban J connectivity index is 1.83. The van der Waals surface area contributed by atoms with Crippen LogP contribution in [0.5, 0.6) is 0 Å². The molecule has 2 heterocycles. The molecule has 0 amide bonds. The number of nitrogens with zero attached hydrogens (tertiary/aromatic N) is 3. The van der Waals surface area contributed by atoms with Crippen molar-refractivity contribution in [2.24, 2.45) is 11.8 Å². The topological polar surface area (TPSA) is 33.1 Å². The molecule has 1 aromatic rings. The Labute approximate surface area is 129 Å². The van der Waals surface area contributed by atoms with Crippen molar-refractivity contribution >= 4 is 0 Å². The summed E-state index contributed by atoms with van der Waals surface area (Å²) in [6.45, 7) is 15.6. The molecular formula is C17H32N4. The van der Waals surface area contributed by atoms with Crippen molar-refractivity contribution in [1.29, 1.82) is 0 Å². The first kappa shape index (κ1) is 16.5. The average Bonchev–Trinajstić information content (AvgIpc) is 2.79. The van der Waals surface area contributed by atoms with E-state index in [4.69, 9.17) is 0 Å². The average molecular weight is 292 g/mol. The van der Waals surface area contributed by atoms with Crippen molar-refractivity contribution in [3.05, 3.63) is 17.5 Å². The molecule has 1 aliphatic rings. The van der Waals surface area contributed by atoms with E-state index in [-0.39, 0.29) is 0 Å². The first-order chi connectivity index (χ1) is 10.1. The van der Waals surface area contributed by atoms with Gasteiger partial charge in [-0.05, 0) is 64.2 Å². The number of likely N-dealkylation sites (tertiary alicyclic amines) is 1. The number of piperidine rings is 1. The van der Waals surface area contributed by atoms with Gasteiger partial charge in [0.2, 0.25) is 0 Å². The standard InChI is InChI=1S/C17H32N4/c1-5-21-17(9-15(4)19-21)13-20-8-6-7-16(12-20)11-18-10-14(2)3/h9,14,16,18H,5-8,10-13H2,1-4H3. The molecule has 0 spiro atoms. The summed E-state index contributed by atoms with van der Waals surface area (Å²) in [5, 5.41) is 8.18. The summed E-state index contributed by atoms with van der Waals surface area (Å²) >= 11 is 0. The monoisotopic (exact) mass is 292 g/mol. The van der Waals surface area contributed by atoms with Crippen LogP contribution in [0.25, 0.3) is 0 Å². The van der Waals surface area contributed by atoms with Crippen LogP contribution in [0.4, 0.5) is 0 Å². The van der Waals surface area contributed by atoms with E-state index >= 15 is 0 Å². The van der Waals surface area contributed by atoms with Crippen LogP contribution in [-0.4, -0.2) is 40.9 Å². The molecule has 1 N–H and O–H groups in total. The van der Waals surface area contributed by atoms with E-state index in [2.05, 4.69) is 53.8 Å². The van der Waals surface area contributed by atoms with Crippen LogP contribution in [-0.2, 0) is 13.1 Å². The highest BCUT2D eigenvalue weighted by atomic mass is 15.3. The predicted molar refractivity (Wildman–Crippen MR) is 88.3 cm³/mol. The lowest BCUT2D eigenvalue weighted by Crippen LogP contribution is -2.40. The Morgan fingerprint density at radius 1 is 1.43 bits per heavy atom. The Kier molecular flexibility index (Phi) is 6.24. The molecule has 1 unspecified atom stereocenters. The molecule has 4 nitrogen and oxygen atoms in total. The third-order valence-corrected chi connectivity index (χ3v) is 4.26. The van der Waals surface area contributed by atoms with Crippen molar-refractivity contribution in [1.82, 2.24) is 20.0 Å². The zero-order chi connectivity index (χ0) is 15.2. The summed E-state index contributed by atoms with van der Waals surface area (Å²) in [5.41, 5.74) is 2.50. The lowest BCUT2D eigenvalue weighted by atomic mass is 9.97. The minimum absolute atomic E-state index is 0.742. The van der Waals surface area contributed by atoms with Gasteiger partial charge in [0.1, 0.15) is 0 Å². The molecular weight excluding hydrogens is 260 g/mol. The summed E-state index contributed by atoms with van der Waals surface area (Å²) in [5.74, 6) is 1.54. The van der Waals surface area contributed by atoms with Crippen molar-refractivity contribution in [3.8, 4) is 0 Å². The van der Waals surface area contributed by atoms with E-state index in [1.165, 1.54) is 38.2 Å². The van der Waals surface area contributed by atoms with Gasteiger partial charge < -0.3 is 5.32 Å². The van der Waals surface area contributed by atoms with Crippen LogP contribution in [0.1, 0.15) is 45.0 Å². The summed E-state index contributed by atoms with van der Waals surface area (Å²) in [6.07, 6.45) is 2.70. The van der Waals surface area contributed by atoms with Gasteiger partial charge in [-0.15, -0.1) is 0 Å². The molecule has 120 valence electrons. The summed E-state index contributed by atoms with van der Waals surface area (Å²) in [4.78, 5) is 2.60. The molecule has 0 saturated carbocycles. The molecule has 1 aromatic heterocycles. The summed E-state index contributed by atoms with van der Waals surface area (Å²) in [7, 11) is 0. The Morgan fingerprint density at radius 2 is 2.24 bits per heavy atom. The maximum atomic E-state index is 4.56. The molecule has 1 saturated heterocycles. The van der Waals surface area contributed by atoms with Crippen LogP contribution in [0, 0.1) is 18.8 Å². The van der Waals surface area contributed by atoms with E-state index < -0.39 is 0 Å². The maximum Gasteiger partial charge on any atom is 0.0597 e. The van der Waals surface area contributed by atoms with E-state index in [0.717, 1.165) is 37.2 Å². The van der Waals surface area contributed by atoms with Crippen molar-refractivity contribution in [3.63, 3.8) is 0 Å². The Hall–Kier alpha value is -0.870. The smallest absolute Gasteiger partial charge is 0.0597 e. The van der Waals surface area contributed by atoms with Crippen LogP contribution in [0.3, 0.4) is 0 Å². The van der Waals surface area contributed by atoms with Crippen LogP contribution < -0.4 is 5.32 Å². The van der Waals surface area contributed by atoms with E-state index in [9.17, 15) is 0 Å². The number of hydrogen-bond acceptors (Lipinski definition) is 3. The first-order valence-electron chi connectivity index (χ1n) is 8.54. The SMILES string of the molecule is CCn1nc(C)cc1CN1CCCC(CNCC(C)C)C1. The van der Waals surface area contributed by atoms with Gasteiger partial charge in [0, 0.05) is 19.6 Å².